The minimum absolute atomic E-state index is 0.0250. The van der Waals surface area contributed by atoms with Gasteiger partial charge in [-0.05, 0) is 17.7 Å². The largest absolute Gasteiger partial charge is 0.493 e. The van der Waals surface area contributed by atoms with Gasteiger partial charge in [0.05, 0.1) is 21.3 Å². The van der Waals surface area contributed by atoms with Crippen LogP contribution >= 0.6 is 0 Å². The predicted molar refractivity (Wildman–Crippen MR) is 80.7 cm³/mol. The average Bonchev–Trinajstić information content (AvgIpc) is 2.49. The maximum absolute atomic E-state index is 11.2. The topological polar surface area (TPSA) is 142 Å². The molecule has 120 valence electrons. The van der Waals surface area contributed by atoms with Crippen LogP contribution in [0, 0.1) is 0 Å². The molecule has 0 aliphatic carbocycles. The average molecular weight is 310 g/mol. The lowest BCUT2D eigenvalue weighted by molar-refractivity contribution is -0.129. The summed E-state index contributed by atoms with van der Waals surface area (Å²) in [4.78, 5) is 11.2. The number of guanidine groups is 1. The van der Waals surface area contributed by atoms with Gasteiger partial charge >= 0.3 is 5.97 Å². The minimum Gasteiger partial charge on any atom is -0.493 e. The third kappa shape index (κ3) is 4.27. The van der Waals surface area contributed by atoms with Gasteiger partial charge in [0, 0.05) is 6.42 Å². The van der Waals surface area contributed by atoms with E-state index < -0.39 is 5.97 Å². The Morgan fingerprint density at radius 2 is 1.64 bits per heavy atom. The molecule has 0 heterocycles. The van der Waals surface area contributed by atoms with E-state index in [0.717, 1.165) is 0 Å². The molecule has 0 saturated carbocycles. The van der Waals surface area contributed by atoms with E-state index in [1.54, 1.807) is 12.1 Å². The van der Waals surface area contributed by atoms with Gasteiger partial charge < -0.3 is 30.8 Å². The summed E-state index contributed by atoms with van der Waals surface area (Å²) in [6.45, 7) is 0. The Balaban J connectivity index is 3.23. The standard InChI is InChI=1S/C13H18N4O5/c1-20-9-5-7(6-10(21-2)11(9)22-3)4-8(12(18)19)16-17-13(14)15/h5-6H,4H2,1-3H3,(H,18,19)(H4,14,15,17). The SMILES string of the molecule is COc1cc(CC(=NN=C(N)N)C(=O)O)cc(OC)c1OC. The summed E-state index contributed by atoms with van der Waals surface area (Å²) in [5.74, 6) is -0.346. The van der Waals surface area contributed by atoms with Gasteiger partial charge in [-0.3, -0.25) is 0 Å². The van der Waals surface area contributed by atoms with E-state index >= 15 is 0 Å². The van der Waals surface area contributed by atoms with Crippen LogP contribution in [0.3, 0.4) is 0 Å². The highest BCUT2D eigenvalue weighted by atomic mass is 16.5. The molecule has 1 aromatic carbocycles. The third-order valence-corrected chi connectivity index (χ3v) is 2.63. The first-order chi connectivity index (χ1) is 10.4. The smallest absolute Gasteiger partial charge is 0.352 e. The lowest BCUT2D eigenvalue weighted by Gasteiger charge is -2.13. The fourth-order valence-electron chi connectivity index (χ4n) is 1.70. The van der Waals surface area contributed by atoms with E-state index in [1.165, 1.54) is 21.3 Å². The second-order valence-electron chi connectivity index (χ2n) is 4.09. The quantitative estimate of drug-likeness (QED) is 0.364. The van der Waals surface area contributed by atoms with E-state index in [-0.39, 0.29) is 18.1 Å². The Morgan fingerprint density at radius 1 is 1.09 bits per heavy atom. The molecular formula is C13H18N4O5. The van der Waals surface area contributed by atoms with Crippen LogP contribution < -0.4 is 25.7 Å². The van der Waals surface area contributed by atoms with Crippen LogP contribution in [0.5, 0.6) is 17.2 Å². The number of benzene rings is 1. The number of carboxylic acid groups (broad SMARTS) is 1. The lowest BCUT2D eigenvalue weighted by atomic mass is 10.1. The summed E-state index contributed by atoms with van der Waals surface area (Å²) in [6, 6.07) is 3.24. The number of hydrogen-bond donors (Lipinski definition) is 3. The number of ether oxygens (including phenoxy) is 3. The van der Waals surface area contributed by atoms with Gasteiger partial charge in [0.1, 0.15) is 0 Å². The molecule has 0 spiro atoms. The predicted octanol–water partition coefficient (Wildman–Crippen LogP) is -0.0311. The van der Waals surface area contributed by atoms with E-state index in [4.69, 9.17) is 30.8 Å². The van der Waals surface area contributed by atoms with Crippen molar-refractivity contribution in [3.63, 3.8) is 0 Å². The summed E-state index contributed by atoms with van der Waals surface area (Å²) in [5.41, 5.74) is 10.6. The number of rotatable bonds is 7. The van der Waals surface area contributed by atoms with Crippen LogP contribution in [0.1, 0.15) is 5.56 Å². The molecule has 0 amide bonds. The van der Waals surface area contributed by atoms with Crippen molar-refractivity contribution < 1.29 is 24.1 Å². The van der Waals surface area contributed by atoms with Crippen molar-refractivity contribution in [2.45, 2.75) is 6.42 Å². The fraction of sp³-hybridized carbons (Fsp3) is 0.308. The van der Waals surface area contributed by atoms with Crippen molar-refractivity contribution in [3.05, 3.63) is 17.7 Å². The molecule has 9 heteroatoms. The maximum Gasteiger partial charge on any atom is 0.352 e. The highest BCUT2D eigenvalue weighted by molar-refractivity contribution is 6.36. The fourth-order valence-corrected chi connectivity index (χ4v) is 1.70. The Bertz CT molecular complexity index is 583. The number of nitrogens with two attached hydrogens (primary N) is 2. The second kappa shape index (κ2) is 7.72. The summed E-state index contributed by atoms with van der Waals surface area (Å²) in [5, 5.41) is 16.0. The molecule has 0 radical (unpaired) electrons. The molecular weight excluding hydrogens is 292 g/mol. The number of hydrogen-bond acceptors (Lipinski definition) is 6. The molecule has 22 heavy (non-hydrogen) atoms. The third-order valence-electron chi connectivity index (χ3n) is 2.63. The summed E-state index contributed by atoms with van der Waals surface area (Å²) < 4.78 is 15.6. The molecule has 0 atom stereocenters. The van der Waals surface area contributed by atoms with Gasteiger partial charge in [0.15, 0.2) is 17.2 Å². The summed E-state index contributed by atoms with van der Waals surface area (Å²) in [7, 11) is 4.41. The number of methoxy groups -OCH3 is 3. The van der Waals surface area contributed by atoms with Crippen LogP contribution in [0.15, 0.2) is 22.3 Å². The molecule has 0 fully saturated rings. The molecule has 1 aromatic rings. The van der Waals surface area contributed by atoms with Gasteiger partial charge in [-0.25, -0.2) is 4.79 Å². The molecule has 0 aromatic heterocycles. The highest BCUT2D eigenvalue weighted by Gasteiger charge is 2.17. The van der Waals surface area contributed by atoms with E-state index in [9.17, 15) is 4.79 Å². The molecule has 9 nitrogen and oxygen atoms in total. The Morgan fingerprint density at radius 3 is 2.00 bits per heavy atom. The van der Waals surface area contributed by atoms with Gasteiger partial charge in [-0.15, -0.1) is 10.2 Å². The van der Waals surface area contributed by atoms with Gasteiger partial charge in [-0.2, -0.15) is 0 Å². The molecule has 0 aliphatic rings. The number of aliphatic carboxylic acids is 1. The molecule has 0 unspecified atom stereocenters. The van der Waals surface area contributed by atoms with Crippen molar-refractivity contribution in [2.24, 2.45) is 21.7 Å². The normalized spacial score (nSPS) is 10.8. The van der Waals surface area contributed by atoms with Crippen molar-refractivity contribution in [1.29, 1.82) is 0 Å². The molecule has 1 rings (SSSR count). The maximum atomic E-state index is 11.2. The van der Waals surface area contributed by atoms with Crippen LogP contribution in [0.2, 0.25) is 0 Å². The number of carbonyl (C=O) groups is 1. The van der Waals surface area contributed by atoms with Crippen LogP contribution in [0.25, 0.3) is 0 Å². The van der Waals surface area contributed by atoms with Crippen molar-refractivity contribution in [2.75, 3.05) is 21.3 Å². The van der Waals surface area contributed by atoms with Crippen LogP contribution in [-0.4, -0.2) is 44.1 Å². The van der Waals surface area contributed by atoms with Crippen LogP contribution in [-0.2, 0) is 11.2 Å². The van der Waals surface area contributed by atoms with Crippen LogP contribution in [0.4, 0.5) is 0 Å². The number of nitrogens with zero attached hydrogens (tertiary/aromatic N) is 2. The zero-order valence-corrected chi connectivity index (χ0v) is 12.5. The first-order valence-electron chi connectivity index (χ1n) is 6.10. The number of carboxylic acids is 1. The summed E-state index contributed by atoms with van der Waals surface area (Å²) in [6.07, 6.45) is -0.0250. The minimum atomic E-state index is -1.24. The first kappa shape index (κ1) is 17.1. The second-order valence-corrected chi connectivity index (χ2v) is 4.09. The highest BCUT2D eigenvalue weighted by Crippen LogP contribution is 2.38. The van der Waals surface area contributed by atoms with Crippen molar-refractivity contribution in [1.82, 2.24) is 0 Å². The first-order valence-corrected chi connectivity index (χ1v) is 6.10. The molecule has 0 bridgehead atoms. The molecule has 0 saturated heterocycles. The lowest BCUT2D eigenvalue weighted by Crippen LogP contribution is -2.23. The van der Waals surface area contributed by atoms with Crippen molar-refractivity contribution >= 4 is 17.6 Å². The monoisotopic (exact) mass is 310 g/mol. The Hall–Kier alpha value is -2.97. The van der Waals surface area contributed by atoms with E-state index in [0.29, 0.717) is 22.8 Å². The van der Waals surface area contributed by atoms with E-state index in [2.05, 4.69) is 10.2 Å². The zero-order chi connectivity index (χ0) is 16.7. The Kier molecular flexibility index (Phi) is 5.99. The van der Waals surface area contributed by atoms with Crippen molar-refractivity contribution in [3.8, 4) is 17.2 Å². The summed E-state index contributed by atoms with van der Waals surface area (Å²) >= 11 is 0. The Labute approximate surface area is 127 Å². The molecule has 0 aliphatic heterocycles. The zero-order valence-electron chi connectivity index (χ0n) is 12.5. The van der Waals surface area contributed by atoms with Gasteiger partial charge in [-0.1, -0.05) is 0 Å². The van der Waals surface area contributed by atoms with Gasteiger partial charge in [0.2, 0.25) is 11.7 Å². The molecule has 5 N–H and O–H groups in total. The van der Waals surface area contributed by atoms with Gasteiger partial charge in [0.25, 0.3) is 0 Å². The van der Waals surface area contributed by atoms with E-state index in [1.807, 2.05) is 0 Å².